The Morgan fingerprint density at radius 3 is 2.33 bits per heavy atom. The monoisotopic (exact) mass is 539 g/mol. The highest BCUT2D eigenvalue weighted by atomic mass is 16.5. The average molecular weight is 540 g/mol. The number of ether oxygens (including phenoxy) is 1. The van der Waals surface area contributed by atoms with Crippen LogP contribution in [0.2, 0.25) is 0 Å². The van der Waals surface area contributed by atoms with Gasteiger partial charge in [-0.1, -0.05) is 31.5 Å². The number of methoxy groups -OCH3 is 1. The predicted octanol–water partition coefficient (Wildman–Crippen LogP) is 5.22. The van der Waals surface area contributed by atoms with E-state index in [-0.39, 0.29) is 29.6 Å². The Bertz CT molecular complexity index is 1280. The second-order valence-corrected chi connectivity index (χ2v) is 12.6. The van der Waals surface area contributed by atoms with Crippen LogP contribution in [0.1, 0.15) is 91.4 Å². The zero-order chi connectivity index (χ0) is 27.9. The van der Waals surface area contributed by atoms with Crippen molar-refractivity contribution in [3.63, 3.8) is 0 Å². The number of nitrogens with one attached hydrogen (secondary N) is 2. The maximum atomic E-state index is 13.5. The molecule has 4 fully saturated rings. The average Bonchev–Trinajstić information content (AvgIpc) is 2.95. The molecule has 0 radical (unpaired) electrons. The molecular formula is C34H41N3O3. The highest BCUT2D eigenvalue weighted by Crippen LogP contribution is 2.55. The van der Waals surface area contributed by atoms with Crippen molar-refractivity contribution in [3.05, 3.63) is 64.7 Å². The first-order chi connectivity index (χ1) is 19.4. The summed E-state index contributed by atoms with van der Waals surface area (Å²) in [5.74, 6) is 5.15. The number of unbranched alkanes of at least 4 members (excludes halogenated alkanes) is 1. The molecule has 4 aliphatic carbocycles. The van der Waals surface area contributed by atoms with E-state index in [1.807, 2.05) is 36.4 Å². The van der Waals surface area contributed by atoms with Crippen molar-refractivity contribution >= 4 is 11.8 Å². The molecule has 1 aliphatic heterocycles. The highest BCUT2D eigenvalue weighted by Gasteiger charge is 2.51. The summed E-state index contributed by atoms with van der Waals surface area (Å²) in [6.45, 7) is 2.95. The van der Waals surface area contributed by atoms with Gasteiger partial charge in [-0.05, 0) is 116 Å². The number of rotatable bonds is 8. The molecule has 0 spiro atoms. The van der Waals surface area contributed by atoms with Crippen molar-refractivity contribution in [1.82, 2.24) is 15.5 Å². The van der Waals surface area contributed by atoms with Crippen LogP contribution in [0.3, 0.4) is 0 Å². The van der Waals surface area contributed by atoms with Gasteiger partial charge in [0.05, 0.1) is 19.3 Å². The lowest BCUT2D eigenvalue weighted by atomic mass is 9.53. The van der Waals surface area contributed by atoms with E-state index in [1.165, 1.54) is 19.3 Å². The van der Waals surface area contributed by atoms with Gasteiger partial charge in [-0.2, -0.15) is 0 Å². The van der Waals surface area contributed by atoms with E-state index < -0.39 is 0 Å². The van der Waals surface area contributed by atoms with Crippen LogP contribution in [-0.2, 0) is 11.2 Å². The molecule has 4 bridgehead atoms. The van der Waals surface area contributed by atoms with Crippen LogP contribution in [0, 0.1) is 30.1 Å². The minimum Gasteiger partial charge on any atom is -0.497 e. The van der Waals surface area contributed by atoms with Gasteiger partial charge in [0, 0.05) is 17.5 Å². The summed E-state index contributed by atoms with van der Waals surface area (Å²) in [5.41, 5.74) is 3.73. The first-order valence-electron chi connectivity index (χ1n) is 15.0. The van der Waals surface area contributed by atoms with Gasteiger partial charge in [-0.25, -0.2) is 0 Å². The predicted molar refractivity (Wildman–Crippen MR) is 156 cm³/mol. The third-order valence-electron chi connectivity index (χ3n) is 9.85. The van der Waals surface area contributed by atoms with Crippen molar-refractivity contribution in [1.29, 1.82) is 0 Å². The van der Waals surface area contributed by atoms with Gasteiger partial charge in [-0.15, -0.1) is 6.42 Å². The molecule has 2 N–H and O–H groups in total. The molecular weight excluding hydrogens is 498 g/mol. The van der Waals surface area contributed by atoms with Gasteiger partial charge in [-0.3, -0.25) is 14.9 Å². The molecule has 6 nitrogen and oxygen atoms in total. The molecule has 2 aromatic carbocycles. The lowest BCUT2D eigenvalue weighted by molar-refractivity contribution is -0.130. The molecule has 1 heterocycles. The molecule has 40 heavy (non-hydrogen) atoms. The summed E-state index contributed by atoms with van der Waals surface area (Å²) < 4.78 is 5.51. The number of hydrogen-bond acceptors (Lipinski definition) is 4. The summed E-state index contributed by atoms with van der Waals surface area (Å²) >= 11 is 0. The van der Waals surface area contributed by atoms with E-state index in [0.29, 0.717) is 12.0 Å². The summed E-state index contributed by atoms with van der Waals surface area (Å²) in [4.78, 5) is 28.5. The molecule has 0 saturated heterocycles. The van der Waals surface area contributed by atoms with Crippen LogP contribution < -0.4 is 15.4 Å². The Hall–Kier alpha value is -3.30. The minimum atomic E-state index is -0.363. The number of benzene rings is 2. The van der Waals surface area contributed by atoms with E-state index in [4.69, 9.17) is 11.2 Å². The molecule has 0 unspecified atom stereocenters. The Labute approximate surface area is 238 Å². The van der Waals surface area contributed by atoms with E-state index in [0.717, 1.165) is 78.8 Å². The fourth-order valence-electron chi connectivity index (χ4n) is 8.47. The van der Waals surface area contributed by atoms with E-state index in [9.17, 15) is 9.59 Å². The maximum absolute atomic E-state index is 13.5. The lowest BCUT2D eigenvalue weighted by Gasteiger charge is -2.56. The number of amides is 2. The Balaban J connectivity index is 1.28. The van der Waals surface area contributed by atoms with Crippen LogP contribution in [-0.4, -0.2) is 42.1 Å². The second-order valence-electron chi connectivity index (χ2n) is 12.6. The van der Waals surface area contributed by atoms with Crippen molar-refractivity contribution in [2.45, 2.75) is 82.5 Å². The first-order valence-corrected chi connectivity index (χ1v) is 15.0. The van der Waals surface area contributed by atoms with Gasteiger partial charge in [0.15, 0.2) is 0 Å². The molecule has 2 atom stereocenters. The van der Waals surface area contributed by atoms with Crippen molar-refractivity contribution in [2.75, 3.05) is 13.7 Å². The lowest BCUT2D eigenvalue weighted by Crippen LogP contribution is -2.59. The summed E-state index contributed by atoms with van der Waals surface area (Å²) in [7, 11) is 1.67. The zero-order valence-electron chi connectivity index (χ0n) is 23.7. The van der Waals surface area contributed by atoms with Crippen LogP contribution in [0.25, 0.3) is 0 Å². The standard InChI is InChI=1S/C34H41N3O3/c1-4-6-13-35-30-18-27-17-28(40-3)11-12-29(27)32(37(30)31(38)5-2)25-7-9-26(10-8-25)33(39)36-34-19-22-14-23(20-34)16-24(15-22)21-34/h2,7-12,17,22-24,30,32,35H,4,6,13-16,18-21H2,1,3H3,(H,36,39)/t22?,23?,24?,30-,32+,34?/m1/s1. The number of nitrogens with zero attached hydrogens (tertiary/aromatic N) is 1. The smallest absolute Gasteiger partial charge is 0.300 e. The molecule has 4 saturated carbocycles. The molecule has 0 aromatic heterocycles. The number of terminal acetylenes is 1. The number of fused-ring (bicyclic) bond motifs is 1. The fourth-order valence-corrected chi connectivity index (χ4v) is 8.47. The van der Waals surface area contributed by atoms with Gasteiger partial charge in [0.25, 0.3) is 11.8 Å². The first kappa shape index (κ1) is 26.9. The summed E-state index contributed by atoms with van der Waals surface area (Å²) in [6, 6.07) is 13.4. The number of hydrogen-bond donors (Lipinski definition) is 2. The number of carbonyl (C=O) groups excluding carboxylic acids is 2. The van der Waals surface area contributed by atoms with Crippen LogP contribution in [0.5, 0.6) is 5.75 Å². The van der Waals surface area contributed by atoms with Crippen molar-refractivity contribution in [2.24, 2.45) is 17.8 Å². The minimum absolute atomic E-state index is 0.0120. The second kappa shape index (κ2) is 10.9. The maximum Gasteiger partial charge on any atom is 0.300 e. The van der Waals surface area contributed by atoms with Gasteiger partial charge in [0.2, 0.25) is 0 Å². The quantitative estimate of drug-likeness (QED) is 0.357. The summed E-state index contributed by atoms with van der Waals surface area (Å²) in [6.07, 6.45) is 15.6. The third kappa shape index (κ3) is 5.01. The van der Waals surface area contributed by atoms with Crippen LogP contribution in [0.15, 0.2) is 42.5 Å². The SMILES string of the molecule is C#CC(=O)N1[C@@H](c2ccc(C(=O)NC34CC5CC(CC(C5)C3)C4)cc2)c2ccc(OC)cc2C[C@@H]1NCCCC. The molecule has 210 valence electrons. The largest absolute Gasteiger partial charge is 0.497 e. The van der Waals surface area contributed by atoms with E-state index in [1.54, 1.807) is 12.0 Å². The Morgan fingerprint density at radius 2 is 1.73 bits per heavy atom. The third-order valence-corrected chi connectivity index (χ3v) is 9.85. The van der Waals surface area contributed by atoms with E-state index in [2.05, 4.69) is 29.5 Å². The van der Waals surface area contributed by atoms with Crippen molar-refractivity contribution in [3.8, 4) is 18.1 Å². The Kier molecular flexibility index (Phi) is 7.35. The molecule has 2 aromatic rings. The zero-order valence-corrected chi connectivity index (χ0v) is 23.7. The fraction of sp³-hybridized carbons (Fsp3) is 0.529. The van der Waals surface area contributed by atoms with Crippen LogP contribution >= 0.6 is 0 Å². The van der Waals surface area contributed by atoms with Gasteiger partial charge >= 0.3 is 0 Å². The van der Waals surface area contributed by atoms with Crippen molar-refractivity contribution < 1.29 is 14.3 Å². The topological polar surface area (TPSA) is 70.7 Å². The normalized spacial score (nSPS) is 29.9. The van der Waals surface area contributed by atoms with Gasteiger partial charge in [0.1, 0.15) is 5.75 Å². The van der Waals surface area contributed by atoms with Crippen LogP contribution in [0.4, 0.5) is 0 Å². The Morgan fingerprint density at radius 1 is 1.05 bits per heavy atom. The highest BCUT2D eigenvalue weighted by molar-refractivity contribution is 5.95. The molecule has 2 amide bonds. The molecule has 5 aliphatic rings. The summed E-state index contributed by atoms with van der Waals surface area (Å²) in [5, 5.41) is 7.06. The molecule has 6 heteroatoms. The van der Waals surface area contributed by atoms with Gasteiger partial charge < -0.3 is 15.0 Å². The molecule has 7 rings (SSSR count). The van der Waals surface area contributed by atoms with E-state index >= 15 is 0 Å². The number of carbonyl (C=O) groups is 2.